The minimum Gasteiger partial charge on any atom is -0.461 e. The number of aromatic nitrogens is 1. The normalized spacial score (nSPS) is 12.9. The first kappa shape index (κ1) is 18.5. The molecule has 0 saturated carbocycles. The average Bonchev–Trinajstić information content (AvgIpc) is 3.31. The largest absolute Gasteiger partial charge is 0.461 e. The Hall–Kier alpha value is -1.87. The highest BCUT2D eigenvalue weighted by atomic mass is 35.5. The van der Waals surface area contributed by atoms with Gasteiger partial charge in [0.1, 0.15) is 15.6 Å². The molecule has 1 aromatic carbocycles. The molecule has 0 aliphatic rings. The number of benzene rings is 1. The SMILES string of the molecule is CCn1c(-c2c(C)oc3ccccc23)csc1=NS(=O)(=O)c1ccc(Cl)s1. The van der Waals surface area contributed by atoms with Gasteiger partial charge in [-0.3, -0.25) is 0 Å². The fourth-order valence-electron chi connectivity index (χ4n) is 2.98. The van der Waals surface area contributed by atoms with E-state index in [1.807, 2.05) is 48.1 Å². The minimum atomic E-state index is -3.81. The van der Waals surface area contributed by atoms with Gasteiger partial charge in [0.2, 0.25) is 4.80 Å². The Labute approximate surface area is 169 Å². The van der Waals surface area contributed by atoms with Crippen molar-refractivity contribution >= 4 is 55.3 Å². The maximum atomic E-state index is 12.6. The van der Waals surface area contributed by atoms with E-state index in [2.05, 4.69) is 4.40 Å². The zero-order chi connectivity index (χ0) is 19.2. The van der Waals surface area contributed by atoms with Crippen molar-refractivity contribution in [3.8, 4) is 11.3 Å². The molecule has 3 heterocycles. The van der Waals surface area contributed by atoms with E-state index in [1.165, 1.54) is 17.4 Å². The summed E-state index contributed by atoms with van der Waals surface area (Å²) < 4.78 is 37.6. The van der Waals surface area contributed by atoms with E-state index < -0.39 is 10.0 Å². The van der Waals surface area contributed by atoms with E-state index in [1.54, 1.807) is 6.07 Å². The van der Waals surface area contributed by atoms with Crippen LogP contribution in [0.5, 0.6) is 0 Å². The van der Waals surface area contributed by atoms with Gasteiger partial charge >= 0.3 is 0 Å². The van der Waals surface area contributed by atoms with Crippen LogP contribution in [-0.4, -0.2) is 13.0 Å². The van der Waals surface area contributed by atoms with Crippen molar-refractivity contribution in [3.63, 3.8) is 0 Å². The summed E-state index contributed by atoms with van der Waals surface area (Å²) >= 11 is 8.16. The van der Waals surface area contributed by atoms with Gasteiger partial charge in [0.25, 0.3) is 10.0 Å². The molecule has 0 radical (unpaired) electrons. The lowest BCUT2D eigenvalue weighted by atomic mass is 10.1. The highest BCUT2D eigenvalue weighted by Gasteiger charge is 2.19. The summed E-state index contributed by atoms with van der Waals surface area (Å²) in [5.74, 6) is 0.788. The summed E-state index contributed by atoms with van der Waals surface area (Å²) in [7, 11) is -3.81. The minimum absolute atomic E-state index is 0.134. The van der Waals surface area contributed by atoms with Crippen LogP contribution in [0.1, 0.15) is 12.7 Å². The average molecular weight is 439 g/mol. The first-order valence-corrected chi connectivity index (χ1v) is 11.7. The Bertz CT molecular complexity index is 1310. The Balaban J connectivity index is 1.92. The van der Waals surface area contributed by atoms with Gasteiger partial charge in [-0.05, 0) is 32.0 Å². The third-order valence-electron chi connectivity index (χ3n) is 4.14. The van der Waals surface area contributed by atoms with Crippen LogP contribution in [0.15, 0.2) is 54.8 Å². The third-order valence-corrected chi connectivity index (χ3v) is 8.09. The maximum Gasteiger partial charge on any atom is 0.294 e. The van der Waals surface area contributed by atoms with Crippen molar-refractivity contribution in [1.82, 2.24) is 4.57 Å². The van der Waals surface area contributed by atoms with E-state index in [0.29, 0.717) is 15.7 Å². The molecule has 0 amide bonds. The first-order valence-electron chi connectivity index (χ1n) is 8.14. The Morgan fingerprint density at radius 3 is 2.70 bits per heavy atom. The lowest BCUT2D eigenvalue weighted by molar-refractivity contribution is 0.579. The summed E-state index contributed by atoms with van der Waals surface area (Å²) in [5, 5.41) is 2.92. The van der Waals surface area contributed by atoms with Gasteiger partial charge in [-0.15, -0.1) is 27.1 Å². The van der Waals surface area contributed by atoms with Crippen LogP contribution in [0.3, 0.4) is 0 Å². The summed E-state index contributed by atoms with van der Waals surface area (Å²) in [6.07, 6.45) is 0. The summed E-state index contributed by atoms with van der Waals surface area (Å²) in [4.78, 5) is 0.418. The number of thiazole rings is 1. The van der Waals surface area contributed by atoms with Gasteiger partial charge < -0.3 is 8.98 Å². The van der Waals surface area contributed by atoms with E-state index in [4.69, 9.17) is 16.0 Å². The lowest BCUT2D eigenvalue weighted by Gasteiger charge is -2.05. The van der Waals surface area contributed by atoms with E-state index >= 15 is 0 Å². The number of sulfonamides is 1. The molecule has 0 aliphatic carbocycles. The standard InChI is InChI=1S/C18H15ClN2O3S3/c1-3-21-13(17-11(2)24-14-7-5-4-6-12(14)17)10-25-18(21)20-27(22,23)16-9-8-15(19)26-16/h4-10H,3H2,1-2H3. The molecule has 0 saturated heterocycles. The summed E-state index contributed by atoms with van der Waals surface area (Å²) in [5.41, 5.74) is 2.66. The summed E-state index contributed by atoms with van der Waals surface area (Å²) in [6.45, 7) is 4.45. The number of halogens is 1. The molecular weight excluding hydrogens is 424 g/mol. The highest BCUT2D eigenvalue weighted by Crippen LogP contribution is 2.34. The molecule has 4 rings (SSSR count). The van der Waals surface area contributed by atoms with Gasteiger partial charge in [0.15, 0.2) is 0 Å². The van der Waals surface area contributed by atoms with Gasteiger partial charge in [-0.1, -0.05) is 29.8 Å². The van der Waals surface area contributed by atoms with Crippen molar-refractivity contribution < 1.29 is 12.8 Å². The zero-order valence-corrected chi connectivity index (χ0v) is 17.7. The molecule has 0 unspecified atom stereocenters. The van der Waals surface area contributed by atoms with E-state index in [9.17, 15) is 8.42 Å². The van der Waals surface area contributed by atoms with Crippen molar-refractivity contribution in [3.05, 3.63) is 56.7 Å². The summed E-state index contributed by atoms with van der Waals surface area (Å²) in [6, 6.07) is 10.8. The molecular formula is C18H15ClN2O3S3. The van der Waals surface area contributed by atoms with Gasteiger partial charge in [-0.2, -0.15) is 8.42 Å². The molecule has 27 heavy (non-hydrogen) atoms. The number of aryl methyl sites for hydroxylation is 1. The predicted molar refractivity (Wildman–Crippen MR) is 110 cm³/mol. The Kier molecular flexibility index (Phi) is 4.75. The van der Waals surface area contributed by atoms with Crippen molar-refractivity contribution in [2.24, 2.45) is 4.40 Å². The highest BCUT2D eigenvalue weighted by molar-refractivity contribution is 7.92. The Morgan fingerprint density at radius 1 is 1.22 bits per heavy atom. The molecule has 0 N–H and O–H groups in total. The van der Waals surface area contributed by atoms with Gasteiger partial charge in [0, 0.05) is 22.9 Å². The molecule has 3 aromatic heterocycles. The molecule has 5 nitrogen and oxygen atoms in total. The monoisotopic (exact) mass is 438 g/mol. The fraction of sp³-hybridized carbons (Fsp3) is 0.167. The number of nitrogens with zero attached hydrogens (tertiary/aromatic N) is 2. The van der Waals surface area contributed by atoms with Crippen LogP contribution in [0.2, 0.25) is 4.34 Å². The van der Waals surface area contributed by atoms with Gasteiger partial charge in [-0.25, -0.2) is 0 Å². The van der Waals surface area contributed by atoms with Crippen LogP contribution >= 0.6 is 34.3 Å². The molecule has 4 aromatic rings. The van der Waals surface area contributed by atoms with E-state index in [0.717, 1.165) is 39.3 Å². The fourth-order valence-corrected chi connectivity index (χ4v) is 6.61. The van der Waals surface area contributed by atoms with Crippen LogP contribution < -0.4 is 4.80 Å². The second-order valence-corrected chi connectivity index (χ2v) is 10.2. The number of fused-ring (bicyclic) bond motifs is 1. The molecule has 140 valence electrons. The number of hydrogen-bond donors (Lipinski definition) is 0. The topological polar surface area (TPSA) is 64.6 Å². The molecule has 0 bridgehead atoms. The predicted octanol–water partition coefficient (Wildman–Crippen LogP) is 5.30. The van der Waals surface area contributed by atoms with Crippen molar-refractivity contribution in [2.75, 3.05) is 0 Å². The second kappa shape index (κ2) is 6.94. The van der Waals surface area contributed by atoms with Crippen LogP contribution in [0, 0.1) is 6.92 Å². The maximum absolute atomic E-state index is 12.6. The van der Waals surface area contributed by atoms with Crippen LogP contribution in [-0.2, 0) is 16.6 Å². The first-order chi connectivity index (χ1) is 12.9. The number of rotatable bonds is 4. The number of hydrogen-bond acceptors (Lipinski definition) is 5. The van der Waals surface area contributed by atoms with Gasteiger partial charge in [0.05, 0.1) is 10.0 Å². The molecule has 9 heteroatoms. The zero-order valence-electron chi connectivity index (χ0n) is 14.5. The molecule has 0 atom stereocenters. The molecule has 0 aliphatic heterocycles. The van der Waals surface area contributed by atoms with Crippen molar-refractivity contribution in [2.45, 2.75) is 24.6 Å². The second-order valence-electron chi connectivity index (χ2n) is 5.80. The number of thiophene rings is 1. The quantitative estimate of drug-likeness (QED) is 0.434. The number of para-hydroxylation sites is 1. The third kappa shape index (κ3) is 3.27. The van der Waals surface area contributed by atoms with Crippen LogP contribution in [0.25, 0.3) is 22.2 Å². The number of furan rings is 1. The smallest absolute Gasteiger partial charge is 0.294 e. The lowest BCUT2D eigenvalue weighted by Crippen LogP contribution is -2.17. The van der Waals surface area contributed by atoms with E-state index in [-0.39, 0.29) is 4.21 Å². The van der Waals surface area contributed by atoms with Crippen molar-refractivity contribution in [1.29, 1.82) is 0 Å². The Morgan fingerprint density at radius 2 is 2.00 bits per heavy atom. The molecule has 0 fully saturated rings. The molecule has 0 spiro atoms. The van der Waals surface area contributed by atoms with Crippen LogP contribution in [0.4, 0.5) is 0 Å².